The predicted octanol–water partition coefficient (Wildman–Crippen LogP) is 4.67. The molecule has 1 saturated heterocycles. The molecule has 34 heavy (non-hydrogen) atoms. The van der Waals surface area contributed by atoms with E-state index >= 15 is 0 Å². The van der Waals surface area contributed by atoms with Crippen molar-refractivity contribution in [2.75, 3.05) is 0 Å². The first-order valence-corrected chi connectivity index (χ1v) is 11.2. The van der Waals surface area contributed by atoms with Crippen LogP contribution in [-0.4, -0.2) is 36.0 Å². The van der Waals surface area contributed by atoms with Crippen molar-refractivity contribution in [3.63, 3.8) is 0 Å². The second-order valence-electron chi connectivity index (χ2n) is 9.16. The molecule has 2 aliphatic rings. The topological polar surface area (TPSA) is 55.4 Å². The van der Waals surface area contributed by atoms with Gasteiger partial charge in [-0.05, 0) is 57.4 Å². The number of aromatic nitrogens is 4. The zero-order chi connectivity index (χ0) is 23.9. The van der Waals surface area contributed by atoms with Crippen molar-refractivity contribution in [2.45, 2.75) is 45.2 Å². The third kappa shape index (κ3) is 2.79. The summed E-state index contributed by atoms with van der Waals surface area (Å²) < 4.78 is 45.0. The van der Waals surface area contributed by atoms with Gasteiger partial charge in [0.25, 0.3) is 5.91 Å². The maximum Gasteiger partial charge on any atom is 0.273 e. The van der Waals surface area contributed by atoms with Gasteiger partial charge in [0.05, 0.1) is 23.1 Å². The number of carbonyl (C=O) groups excluding carboxylic acids is 1. The highest BCUT2D eigenvalue weighted by molar-refractivity contribution is 5.96. The Kier molecular flexibility index (Phi) is 4.43. The van der Waals surface area contributed by atoms with E-state index in [0.717, 1.165) is 47.6 Å². The van der Waals surface area contributed by atoms with Gasteiger partial charge < -0.3 is 4.90 Å². The smallest absolute Gasteiger partial charge is 0.273 e. The van der Waals surface area contributed by atoms with E-state index in [1.807, 2.05) is 41.3 Å². The number of hydrogen-bond donors (Lipinski definition) is 0. The number of amides is 1. The number of nitrogens with zero attached hydrogens (tertiary/aromatic N) is 5. The fraction of sp³-hybridized carbons (Fsp3) is 0.320. The molecule has 2 atom stereocenters. The van der Waals surface area contributed by atoms with Crippen LogP contribution in [-0.2, 0) is 13.5 Å². The first-order chi connectivity index (χ1) is 16.3. The summed E-state index contributed by atoms with van der Waals surface area (Å²) in [6, 6.07) is 7.42. The molecule has 2 aliphatic heterocycles. The Morgan fingerprint density at radius 1 is 1.09 bits per heavy atom. The molecule has 1 amide bonds. The number of rotatable bonds is 2. The van der Waals surface area contributed by atoms with Gasteiger partial charge in [-0.1, -0.05) is 6.07 Å². The molecule has 6 rings (SSSR count). The van der Waals surface area contributed by atoms with Gasteiger partial charge in [-0.25, -0.2) is 18.2 Å². The summed E-state index contributed by atoms with van der Waals surface area (Å²) in [5.41, 5.74) is 5.25. The van der Waals surface area contributed by atoms with Crippen LogP contribution in [0, 0.1) is 31.3 Å². The Morgan fingerprint density at radius 2 is 1.82 bits per heavy atom. The summed E-state index contributed by atoms with van der Waals surface area (Å²) in [6.45, 7) is 3.78. The van der Waals surface area contributed by atoms with E-state index in [4.69, 9.17) is 0 Å². The third-order valence-electron chi connectivity index (χ3n) is 7.14. The molecule has 3 aromatic heterocycles. The summed E-state index contributed by atoms with van der Waals surface area (Å²) in [4.78, 5) is 20.4. The van der Waals surface area contributed by atoms with Crippen molar-refractivity contribution < 1.29 is 18.0 Å². The Labute approximate surface area is 193 Å². The maximum absolute atomic E-state index is 14.0. The van der Waals surface area contributed by atoms with Crippen LogP contribution >= 0.6 is 0 Å². The Morgan fingerprint density at radius 3 is 2.56 bits per heavy atom. The molecule has 0 saturated carbocycles. The molecule has 2 bridgehead atoms. The molecule has 1 aromatic carbocycles. The lowest BCUT2D eigenvalue weighted by molar-refractivity contribution is 0.0634. The number of benzene rings is 1. The minimum Gasteiger partial charge on any atom is -0.325 e. The van der Waals surface area contributed by atoms with Crippen molar-refractivity contribution >= 4 is 11.6 Å². The minimum absolute atomic E-state index is 0.0722. The number of imidazole rings is 1. The van der Waals surface area contributed by atoms with Crippen LogP contribution < -0.4 is 0 Å². The Bertz CT molecular complexity index is 1480. The van der Waals surface area contributed by atoms with E-state index in [2.05, 4.69) is 10.1 Å². The number of carbonyl (C=O) groups is 1. The first-order valence-electron chi connectivity index (χ1n) is 11.2. The average molecular weight is 465 g/mol. The van der Waals surface area contributed by atoms with Crippen LogP contribution in [0.2, 0.25) is 0 Å². The molecule has 0 aliphatic carbocycles. The quantitative estimate of drug-likeness (QED) is 0.405. The molecule has 9 heteroatoms. The van der Waals surface area contributed by atoms with Crippen molar-refractivity contribution in [1.29, 1.82) is 0 Å². The Balaban J connectivity index is 1.45. The minimum atomic E-state index is -1.49. The van der Waals surface area contributed by atoms with Gasteiger partial charge in [-0.2, -0.15) is 5.10 Å². The predicted molar refractivity (Wildman–Crippen MR) is 119 cm³/mol. The van der Waals surface area contributed by atoms with Crippen molar-refractivity contribution in [3.05, 3.63) is 76.1 Å². The number of hydrogen-bond acceptors (Lipinski definition) is 3. The highest BCUT2D eigenvalue weighted by Gasteiger charge is 2.46. The fourth-order valence-electron chi connectivity index (χ4n) is 5.75. The van der Waals surface area contributed by atoms with Crippen LogP contribution in [0.3, 0.4) is 0 Å². The largest absolute Gasteiger partial charge is 0.325 e. The fourth-order valence-corrected chi connectivity index (χ4v) is 5.75. The van der Waals surface area contributed by atoms with Gasteiger partial charge in [0, 0.05) is 29.9 Å². The van der Waals surface area contributed by atoms with Crippen molar-refractivity contribution in [2.24, 2.45) is 7.05 Å². The number of halogens is 3. The second-order valence-corrected chi connectivity index (χ2v) is 9.16. The van der Waals surface area contributed by atoms with Gasteiger partial charge in [-0.15, -0.1) is 0 Å². The van der Waals surface area contributed by atoms with E-state index in [1.165, 1.54) is 0 Å². The van der Waals surface area contributed by atoms with Crippen molar-refractivity contribution in [1.82, 2.24) is 24.1 Å². The summed E-state index contributed by atoms with van der Waals surface area (Å²) in [7, 11) is 1.70. The highest BCUT2D eigenvalue weighted by Crippen LogP contribution is 2.47. The molecule has 0 N–H and O–H groups in total. The van der Waals surface area contributed by atoms with Gasteiger partial charge >= 0.3 is 0 Å². The summed E-state index contributed by atoms with van der Waals surface area (Å²) in [5.74, 6) is -4.06. The molecule has 174 valence electrons. The van der Waals surface area contributed by atoms with Gasteiger partial charge in [0.1, 0.15) is 11.3 Å². The molecule has 5 heterocycles. The van der Waals surface area contributed by atoms with E-state index in [-0.39, 0.29) is 23.6 Å². The standard InChI is InChI=1S/C25H22F3N5O/c1-12-5-4-6-20-29-13(2)23(32(12)20)25(34)33-15-7-8-19(33)22-16(11-15)24(31(3)30-22)14-9-17(26)21(28)18(27)10-14/h4-6,9-10,15,19H,7-8,11H2,1-3H3. The highest BCUT2D eigenvalue weighted by atomic mass is 19.2. The van der Waals surface area contributed by atoms with Crippen LogP contribution in [0.1, 0.15) is 52.0 Å². The molecule has 0 radical (unpaired) electrons. The normalized spacial score (nSPS) is 19.2. The molecule has 6 nitrogen and oxygen atoms in total. The Hall–Kier alpha value is -3.62. The molecular weight excluding hydrogens is 443 g/mol. The molecule has 4 aromatic rings. The lowest BCUT2D eigenvalue weighted by Crippen LogP contribution is -2.42. The van der Waals surface area contributed by atoms with Gasteiger partial charge in [0.15, 0.2) is 17.5 Å². The van der Waals surface area contributed by atoms with Crippen LogP contribution in [0.5, 0.6) is 0 Å². The van der Waals surface area contributed by atoms with E-state index in [1.54, 1.807) is 11.7 Å². The number of fused-ring (bicyclic) bond motifs is 5. The third-order valence-corrected chi connectivity index (χ3v) is 7.14. The first kappa shape index (κ1) is 20.9. The van der Waals surface area contributed by atoms with Crippen molar-refractivity contribution in [3.8, 4) is 11.3 Å². The number of aryl methyl sites for hydroxylation is 3. The average Bonchev–Trinajstić information content (AvgIpc) is 3.42. The maximum atomic E-state index is 14.0. The van der Waals surface area contributed by atoms with E-state index in [0.29, 0.717) is 23.5 Å². The van der Waals surface area contributed by atoms with Gasteiger partial charge in [-0.3, -0.25) is 13.9 Å². The molecular formula is C25H22F3N5O. The second kappa shape index (κ2) is 7.19. The number of pyridine rings is 1. The molecule has 1 fully saturated rings. The van der Waals surface area contributed by atoms with Gasteiger partial charge in [0.2, 0.25) is 0 Å². The summed E-state index contributed by atoms with van der Waals surface area (Å²) >= 11 is 0. The van der Waals surface area contributed by atoms with Crippen LogP contribution in [0.4, 0.5) is 13.2 Å². The molecule has 2 unspecified atom stereocenters. The summed E-state index contributed by atoms with van der Waals surface area (Å²) in [5, 5.41) is 4.67. The zero-order valence-corrected chi connectivity index (χ0v) is 18.9. The van der Waals surface area contributed by atoms with E-state index in [9.17, 15) is 18.0 Å². The van der Waals surface area contributed by atoms with Crippen LogP contribution in [0.25, 0.3) is 16.9 Å². The summed E-state index contributed by atoms with van der Waals surface area (Å²) in [6.07, 6.45) is 2.06. The van der Waals surface area contributed by atoms with E-state index < -0.39 is 17.5 Å². The monoisotopic (exact) mass is 465 g/mol. The lowest BCUT2D eigenvalue weighted by atomic mass is 9.94. The zero-order valence-electron chi connectivity index (χ0n) is 18.9. The SMILES string of the molecule is Cc1nc2cccc(C)n2c1C(=O)N1C2CCC1c1nn(C)c(-c3cc(F)c(F)c(F)c3)c1C2. The molecule has 0 spiro atoms. The lowest BCUT2D eigenvalue weighted by Gasteiger charge is -2.34. The van der Waals surface area contributed by atoms with Crippen LogP contribution in [0.15, 0.2) is 30.3 Å².